The van der Waals surface area contributed by atoms with Crippen LogP contribution in [-0.4, -0.2) is 41.9 Å². The largest absolute Gasteiger partial charge is 0.330 e. The van der Waals surface area contributed by atoms with E-state index in [4.69, 9.17) is 15.8 Å². The molecule has 0 spiro atoms. The van der Waals surface area contributed by atoms with E-state index in [0.29, 0.717) is 23.6 Å². The van der Waals surface area contributed by atoms with E-state index >= 15 is 0 Å². The van der Waals surface area contributed by atoms with Crippen LogP contribution in [0.5, 0.6) is 0 Å². The number of H-pyrrole nitrogens is 1. The monoisotopic (exact) mass is 498 g/mol. The lowest BCUT2D eigenvalue weighted by Gasteiger charge is -2.27. The van der Waals surface area contributed by atoms with Crippen LogP contribution < -0.4 is 5.73 Å². The fourth-order valence-electron chi connectivity index (χ4n) is 5.33. The molecule has 0 atom stereocenters. The van der Waals surface area contributed by atoms with Crippen molar-refractivity contribution in [3.8, 4) is 22.5 Å². The molecule has 2 heterocycles. The molecule has 0 unspecified atom stereocenters. The first-order chi connectivity index (χ1) is 18.1. The number of nitrogens with two attached hydrogens (primary N) is 1. The maximum atomic E-state index is 5.92. The van der Waals surface area contributed by atoms with E-state index < -0.39 is 0 Å². The molecular formula is C29H38N8. The minimum Gasteiger partial charge on any atom is -0.330 e. The summed E-state index contributed by atoms with van der Waals surface area (Å²) in [6.07, 6.45) is 8.00. The van der Waals surface area contributed by atoms with E-state index in [1.165, 1.54) is 31.2 Å². The molecule has 4 aromatic rings. The van der Waals surface area contributed by atoms with Gasteiger partial charge in [-0.1, -0.05) is 62.4 Å². The van der Waals surface area contributed by atoms with Gasteiger partial charge in [0, 0.05) is 18.4 Å². The van der Waals surface area contributed by atoms with Gasteiger partial charge in [0.15, 0.2) is 5.82 Å². The summed E-state index contributed by atoms with van der Waals surface area (Å²) in [6.45, 7) is 6.06. The van der Waals surface area contributed by atoms with Gasteiger partial charge in [-0.3, -0.25) is 0 Å². The van der Waals surface area contributed by atoms with Gasteiger partial charge >= 0.3 is 0 Å². The van der Waals surface area contributed by atoms with Crippen molar-refractivity contribution in [2.75, 3.05) is 6.54 Å². The van der Waals surface area contributed by atoms with Gasteiger partial charge in [-0.2, -0.15) is 10.3 Å². The fraction of sp³-hybridized carbons (Fsp3) is 0.483. The SMILES string of the molecule is CC(C)CCc1nc(CC2CCC(CN)CC2)n(Cc2ccc(-c3ccccc3-c3nn[nH]n3)cc2)n1. The molecule has 194 valence electrons. The molecule has 0 saturated heterocycles. The molecule has 0 amide bonds. The number of hydrogen-bond donors (Lipinski definition) is 2. The number of rotatable bonds is 10. The lowest BCUT2D eigenvalue weighted by Crippen LogP contribution is -2.23. The Morgan fingerprint density at radius 1 is 0.973 bits per heavy atom. The molecule has 0 radical (unpaired) electrons. The number of hydrogen-bond acceptors (Lipinski definition) is 6. The van der Waals surface area contributed by atoms with E-state index in [1.807, 2.05) is 18.2 Å². The molecule has 0 aliphatic heterocycles. The minimum atomic E-state index is 0.598. The summed E-state index contributed by atoms with van der Waals surface area (Å²) in [7, 11) is 0. The second-order valence-corrected chi connectivity index (χ2v) is 10.8. The van der Waals surface area contributed by atoms with E-state index in [9.17, 15) is 0 Å². The van der Waals surface area contributed by atoms with Crippen molar-refractivity contribution in [2.45, 2.75) is 65.3 Å². The van der Waals surface area contributed by atoms with E-state index in [2.05, 4.69) is 69.5 Å². The number of aromatic nitrogens is 7. The van der Waals surface area contributed by atoms with Crippen LogP contribution in [0.15, 0.2) is 48.5 Å². The summed E-state index contributed by atoms with van der Waals surface area (Å²) in [6, 6.07) is 16.9. The maximum absolute atomic E-state index is 5.92. The van der Waals surface area contributed by atoms with Crippen molar-refractivity contribution in [3.63, 3.8) is 0 Å². The Bertz CT molecular complexity index is 1250. The summed E-state index contributed by atoms with van der Waals surface area (Å²) in [5, 5.41) is 19.6. The lowest BCUT2D eigenvalue weighted by molar-refractivity contribution is 0.273. The van der Waals surface area contributed by atoms with Crippen LogP contribution in [0.4, 0.5) is 0 Å². The zero-order valence-corrected chi connectivity index (χ0v) is 22.0. The number of benzene rings is 2. The van der Waals surface area contributed by atoms with Crippen molar-refractivity contribution in [1.29, 1.82) is 0 Å². The predicted molar refractivity (Wildman–Crippen MR) is 146 cm³/mol. The Morgan fingerprint density at radius 3 is 2.38 bits per heavy atom. The third-order valence-corrected chi connectivity index (χ3v) is 7.62. The Kier molecular flexibility index (Phi) is 8.04. The normalized spacial score (nSPS) is 17.9. The molecule has 8 nitrogen and oxygen atoms in total. The lowest BCUT2D eigenvalue weighted by atomic mass is 9.80. The number of nitrogens with one attached hydrogen (secondary N) is 1. The average Bonchev–Trinajstić information content (AvgIpc) is 3.59. The van der Waals surface area contributed by atoms with Crippen molar-refractivity contribution in [1.82, 2.24) is 35.4 Å². The molecule has 1 aliphatic rings. The van der Waals surface area contributed by atoms with Gasteiger partial charge < -0.3 is 5.73 Å². The summed E-state index contributed by atoms with van der Waals surface area (Å²) < 4.78 is 2.15. The zero-order chi connectivity index (χ0) is 25.6. The Hall–Kier alpha value is -3.39. The number of tetrazole rings is 1. The fourth-order valence-corrected chi connectivity index (χ4v) is 5.33. The molecule has 8 heteroatoms. The molecular weight excluding hydrogens is 460 g/mol. The van der Waals surface area contributed by atoms with Gasteiger partial charge in [0.1, 0.15) is 5.82 Å². The van der Waals surface area contributed by atoms with Crippen molar-refractivity contribution in [3.05, 3.63) is 65.7 Å². The van der Waals surface area contributed by atoms with Crippen molar-refractivity contribution < 1.29 is 0 Å². The summed E-state index contributed by atoms with van der Waals surface area (Å²) in [4.78, 5) is 5.02. The molecule has 1 aliphatic carbocycles. The molecule has 5 rings (SSSR count). The van der Waals surface area contributed by atoms with Crippen LogP contribution in [0.25, 0.3) is 22.5 Å². The molecule has 2 aromatic carbocycles. The molecule has 2 aromatic heterocycles. The summed E-state index contributed by atoms with van der Waals surface area (Å²) in [5.41, 5.74) is 10.3. The maximum Gasteiger partial charge on any atom is 0.205 e. The van der Waals surface area contributed by atoms with Crippen LogP contribution in [-0.2, 0) is 19.4 Å². The van der Waals surface area contributed by atoms with Gasteiger partial charge in [-0.05, 0) is 78.3 Å². The van der Waals surface area contributed by atoms with Crippen LogP contribution >= 0.6 is 0 Å². The van der Waals surface area contributed by atoms with E-state index in [0.717, 1.165) is 60.7 Å². The van der Waals surface area contributed by atoms with Gasteiger partial charge in [-0.25, -0.2) is 9.67 Å². The third-order valence-electron chi connectivity index (χ3n) is 7.62. The molecule has 1 fully saturated rings. The minimum absolute atomic E-state index is 0.598. The molecule has 3 N–H and O–H groups in total. The van der Waals surface area contributed by atoms with Crippen molar-refractivity contribution in [2.24, 2.45) is 23.5 Å². The van der Waals surface area contributed by atoms with Gasteiger partial charge in [-0.15, -0.1) is 10.2 Å². The Labute approximate surface area is 219 Å². The highest BCUT2D eigenvalue weighted by Gasteiger charge is 2.23. The second kappa shape index (κ2) is 11.8. The third kappa shape index (κ3) is 6.31. The van der Waals surface area contributed by atoms with E-state index in [-0.39, 0.29) is 0 Å². The topological polar surface area (TPSA) is 111 Å². The summed E-state index contributed by atoms with van der Waals surface area (Å²) in [5.74, 6) is 4.71. The smallest absolute Gasteiger partial charge is 0.205 e. The standard InChI is InChI=1S/C29H38N8/c1-20(2)7-16-27-31-28(17-21-8-10-22(18-30)11-9-21)37(34-27)19-23-12-14-24(15-13-23)25-5-3-4-6-26(25)29-32-35-36-33-29/h3-6,12-15,20-22H,7-11,16-19,30H2,1-2H3,(H,32,33,35,36). The quantitative estimate of drug-likeness (QED) is 0.316. The number of aryl methyl sites for hydroxylation is 1. The van der Waals surface area contributed by atoms with E-state index in [1.54, 1.807) is 0 Å². The summed E-state index contributed by atoms with van der Waals surface area (Å²) >= 11 is 0. The zero-order valence-electron chi connectivity index (χ0n) is 22.0. The highest BCUT2D eigenvalue weighted by Crippen LogP contribution is 2.31. The Morgan fingerprint density at radius 2 is 1.70 bits per heavy atom. The average molecular weight is 499 g/mol. The van der Waals surface area contributed by atoms with Crippen LogP contribution in [0, 0.1) is 17.8 Å². The highest BCUT2D eigenvalue weighted by molar-refractivity contribution is 5.80. The van der Waals surface area contributed by atoms with Crippen LogP contribution in [0.3, 0.4) is 0 Å². The number of nitrogens with zero attached hydrogens (tertiary/aromatic N) is 6. The van der Waals surface area contributed by atoms with Gasteiger partial charge in [0.25, 0.3) is 0 Å². The molecule has 1 saturated carbocycles. The highest BCUT2D eigenvalue weighted by atomic mass is 15.5. The molecule has 0 bridgehead atoms. The first-order valence-electron chi connectivity index (χ1n) is 13.6. The van der Waals surface area contributed by atoms with Crippen molar-refractivity contribution >= 4 is 0 Å². The first kappa shape index (κ1) is 25.3. The first-order valence-corrected chi connectivity index (χ1v) is 13.6. The number of aromatic amines is 1. The Balaban J connectivity index is 1.34. The van der Waals surface area contributed by atoms with Gasteiger partial charge in [0.2, 0.25) is 5.82 Å². The predicted octanol–water partition coefficient (Wildman–Crippen LogP) is 5.07. The van der Waals surface area contributed by atoms with Gasteiger partial charge in [0.05, 0.1) is 6.54 Å². The van der Waals surface area contributed by atoms with Crippen LogP contribution in [0.1, 0.15) is 63.2 Å². The second-order valence-electron chi connectivity index (χ2n) is 10.8. The molecule has 37 heavy (non-hydrogen) atoms. The van der Waals surface area contributed by atoms with Crippen LogP contribution in [0.2, 0.25) is 0 Å².